The van der Waals surface area contributed by atoms with Gasteiger partial charge in [-0.25, -0.2) is 4.79 Å². The second kappa shape index (κ2) is 6.29. The standard InChI is InChI=1S/C15H12N2O3/c18-14(6-5-11-7-9-16-10-8-11)17-13-4-2-1-3-12(13)15(19)20/h1-10H,(H,17,18)(H,19,20). The predicted octanol–water partition coefficient (Wildman–Crippen LogP) is 2.43. The van der Waals surface area contributed by atoms with Crippen LogP contribution in [0.2, 0.25) is 0 Å². The number of nitrogens with one attached hydrogen (secondary N) is 1. The molecule has 0 bridgehead atoms. The van der Waals surface area contributed by atoms with Crippen molar-refractivity contribution in [2.75, 3.05) is 5.32 Å². The maximum Gasteiger partial charge on any atom is 0.337 e. The van der Waals surface area contributed by atoms with Crippen molar-refractivity contribution in [3.8, 4) is 0 Å². The van der Waals surface area contributed by atoms with Crippen LogP contribution in [0.4, 0.5) is 5.69 Å². The second-order valence-electron chi connectivity index (χ2n) is 3.95. The molecule has 0 saturated heterocycles. The zero-order valence-corrected chi connectivity index (χ0v) is 10.5. The Labute approximate surface area is 115 Å². The van der Waals surface area contributed by atoms with Crippen LogP contribution in [0.1, 0.15) is 15.9 Å². The summed E-state index contributed by atoms with van der Waals surface area (Å²) in [6.45, 7) is 0. The Kier molecular flexibility index (Phi) is 4.24. The molecule has 5 nitrogen and oxygen atoms in total. The summed E-state index contributed by atoms with van der Waals surface area (Å²) in [7, 11) is 0. The van der Waals surface area contributed by atoms with Crippen molar-refractivity contribution >= 4 is 23.6 Å². The molecule has 2 N–H and O–H groups in total. The van der Waals surface area contributed by atoms with Gasteiger partial charge in [-0.3, -0.25) is 9.78 Å². The number of carbonyl (C=O) groups is 2. The molecule has 20 heavy (non-hydrogen) atoms. The van der Waals surface area contributed by atoms with E-state index in [2.05, 4.69) is 10.3 Å². The average molecular weight is 268 g/mol. The Bertz CT molecular complexity index is 651. The van der Waals surface area contributed by atoms with Crippen LogP contribution < -0.4 is 5.32 Å². The van der Waals surface area contributed by atoms with Gasteiger partial charge in [-0.15, -0.1) is 0 Å². The summed E-state index contributed by atoms with van der Waals surface area (Å²) in [5, 5.41) is 11.6. The van der Waals surface area contributed by atoms with Crippen LogP contribution in [0, 0.1) is 0 Å². The van der Waals surface area contributed by atoms with Crippen LogP contribution in [0.3, 0.4) is 0 Å². The first kappa shape index (κ1) is 13.5. The Balaban J connectivity index is 2.09. The molecule has 0 unspecified atom stereocenters. The first-order chi connectivity index (χ1) is 9.66. The highest BCUT2D eigenvalue weighted by atomic mass is 16.4. The number of hydrogen-bond acceptors (Lipinski definition) is 3. The third kappa shape index (κ3) is 3.52. The zero-order chi connectivity index (χ0) is 14.4. The molecule has 0 radical (unpaired) electrons. The third-order valence-corrected chi connectivity index (χ3v) is 2.55. The molecule has 2 rings (SSSR count). The lowest BCUT2D eigenvalue weighted by Crippen LogP contribution is -2.11. The summed E-state index contributed by atoms with van der Waals surface area (Å²) < 4.78 is 0. The predicted molar refractivity (Wildman–Crippen MR) is 75.3 cm³/mol. The first-order valence-corrected chi connectivity index (χ1v) is 5.88. The summed E-state index contributed by atoms with van der Waals surface area (Å²) in [6, 6.07) is 9.76. The molecule has 2 aromatic rings. The normalized spacial score (nSPS) is 10.4. The molecule has 0 fully saturated rings. The number of amides is 1. The molecule has 0 aliphatic heterocycles. The van der Waals surface area contributed by atoms with Crippen LogP contribution in [-0.4, -0.2) is 22.0 Å². The van der Waals surface area contributed by atoms with Crippen LogP contribution >= 0.6 is 0 Å². The van der Waals surface area contributed by atoms with Crippen molar-refractivity contribution in [3.05, 3.63) is 66.0 Å². The fourth-order valence-electron chi connectivity index (χ4n) is 1.60. The van der Waals surface area contributed by atoms with Crippen molar-refractivity contribution in [1.82, 2.24) is 4.98 Å². The van der Waals surface area contributed by atoms with Gasteiger partial charge in [-0.05, 0) is 35.9 Å². The van der Waals surface area contributed by atoms with Gasteiger partial charge in [0.05, 0.1) is 11.3 Å². The van der Waals surface area contributed by atoms with Crippen molar-refractivity contribution in [3.63, 3.8) is 0 Å². The minimum absolute atomic E-state index is 0.0539. The van der Waals surface area contributed by atoms with Crippen molar-refractivity contribution in [1.29, 1.82) is 0 Å². The van der Waals surface area contributed by atoms with Gasteiger partial charge in [-0.2, -0.15) is 0 Å². The molecule has 0 saturated carbocycles. The van der Waals surface area contributed by atoms with Gasteiger partial charge in [0.2, 0.25) is 5.91 Å². The number of aromatic nitrogens is 1. The van der Waals surface area contributed by atoms with Gasteiger partial charge < -0.3 is 10.4 Å². The van der Waals surface area contributed by atoms with Crippen LogP contribution in [0.5, 0.6) is 0 Å². The van der Waals surface area contributed by atoms with Gasteiger partial charge in [0.15, 0.2) is 0 Å². The summed E-state index contributed by atoms with van der Waals surface area (Å²) in [6.07, 6.45) is 6.21. The topological polar surface area (TPSA) is 79.3 Å². The fraction of sp³-hybridized carbons (Fsp3) is 0. The molecule has 0 spiro atoms. The number of carbonyl (C=O) groups excluding carboxylic acids is 1. The minimum Gasteiger partial charge on any atom is -0.478 e. The molecule has 1 heterocycles. The van der Waals surface area contributed by atoms with Gasteiger partial charge in [0.25, 0.3) is 0 Å². The Morgan fingerprint density at radius 3 is 2.50 bits per heavy atom. The van der Waals surface area contributed by atoms with E-state index in [-0.39, 0.29) is 11.3 Å². The lowest BCUT2D eigenvalue weighted by molar-refractivity contribution is -0.111. The highest BCUT2D eigenvalue weighted by Gasteiger charge is 2.09. The van der Waals surface area contributed by atoms with E-state index in [9.17, 15) is 9.59 Å². The number of carboxylic acids is 1. The molecule has 1 amide bonds. The van der Waals surface area contributed by atoms with Gasteiger partial charge in [0, 0.05) is 18.5 Å². The molecule has 1 aromatic carbocycles. The average Bonchev–Trinajstić information content (AvgIpc) is 2.46. The minimum atomic E-state index is -1.08. The Hall–Kier alpha value is -2.95. The number of rotatable bonds is 4. The fourth-order valence-corrected chi connectivity index (χ4v) is 1.60. The molecule has 0 aliphatic carbocycles. The van der Waals surface area contributed by atoms with E-state index in [0.717, 1.165) is 5.56 Å². The highest BCUT2D eigenvalue weighted by Crippen LogP contribution is 2.14. The van der Waals surface area contributed by atoms with E-state index in [1.807, 2.05) is 0 Å². The quantitative estimate of drug-likeness (QED) is 0.835. The maximum absolute atomic E-state index is 11.8. The number of hydrogen-bond donors (Lipinski definition) is 2. The third-order valence-electron chi connectivity index (χ3n) is 2.55. The second-order valence-corrected chi connectivity index (χ2v) is 3.95. The van der Waals surface area contributed by atoms with Crippen LogP contribution in [-0.2, 0) is 4.79 Å². The lowest BCUT2D eigenvalue weighted by atomic mass is 10.2. The number of aromatic carboxylic acids is 1. The highest BCUT2D eigenvalue weighted by molar-refractivity contribution is 6.06. The number of carboxylic acid groups (broad SMARTS) is 1. The van der Waals surface area contributed by atoms with Crippen LogP contribution in [0.15, 0.2) is 54.9 Å². The van der Waals surface area contributed by atoms with E-state index in [0.29, 0.717) is 0 Å². The maximum atomic E-state index is 11.8. The molecule has 0 aliphatic rings. The molecule has 1 aromatic heterocycles. The lowest BCUT2D eigenvalue weighted by Gasteiger charge is -2.05. The first-order valence-electron chi connectivity index (χ1n) is 5.88. The Morgan fingerprint density at radius 1 is 1.10 bits per heavy atom. The summed E-state index contributed by atoms with van der Waals surface area (Å²) in [4.78, 5) is 26.6. The number of benzene rings is 1. The van der Waals surface area contributed by atoms with Crippen molar-refractivity contribution < 1.29 is 14.7 Å². The van der Waals surface area contributed by atoms with Crippen molar-refractivity contribution in [2.45, 2.75) is 0 Å². The van der Waals surface area contributed by atoms with Crippen LogP contribution in [0.25, 0.3) is 6.08 Å². The van der Waals surface area contributed by atoms with Gasteiger partial charge in [0.1, 0.15) is 0 Å². The molecule has 5 heteroatoms. The number of nitrogens with zero attached hydrogens (tertiary/aromatic N) is 1. The molecule has 0 atom stereocenters. The largest absolute Gasteiger partial charge is 0.478 e. The van der Waals surface area contributed by atoms with Gasteiger partial charge >= 0.3 is 5.97 Å². The Morgan fingerprint density at radius 2 is 1.80 bits per heavy atom. The SMILES string of the molecule is O=C(C=Cc1ccncc1)Nc1ccccc1C(=O)O. The molecule has 100 valence electrons. The summed E-state index contributed by atoms with van der Waals surface area (Å²) in [5.41, 5.74) is 1.16. The van der Waals surface area contributed by atoms with E-state index in [4.69, 9.17) is 5.11 Å². The van der Waals surface area contributed by atoms with E-state index in [1.54, 1.807) is 48.8 Å². The zero-order valence-electron chi connectivity index (χ0n) is 10.5. The smallest absolute Gasteiger partial charge is 0.337 e. The number of pyridine rings is 1. The van der Waals surface area contributed by atoms with Crippen molar-refractivity contribution in [2.24, 2.45) is 0 Å². The number of anilines is 1. The van der Waals surface area contributed by atoms with E-state index < -0.39 is 11.9 Å². The molecular weight excluding hydrogens is 256 g/mol. The van der Waals surface area contributed by atoms with E-state index in [1.165, 1.54) is 12.1 Å². The summed E-state index contributed by atoms with van der Waals surface area (Å²) in [5.74, 6) is -1.48. The summed E-state index contributed by atoms with van der Waals surface area (Å²) >= 11 is 0. The monoisotopic (exact) mass is 268 g/mol. The number of para-hydroxylation sites is 1. The molecular formula is C15H12N2O3. The van der Waals surface area contributed by atoms with Gasteiger partial charge in [-0.1, -0.05) is 12.1 Å². The van der Waals surface area contributed by atoms with E-state index >= 15 is 0 Å².